The zero-order valence-corrected chi connectivity index (χ0v) is 35.7. The predicted octanol–water partition coefficient (Wildman–Crippen LogP) is 4.62. The van der Waals surface area contributed by atoms with Crippen molar-refractivity contribution in [3.8, 4) is 0 Å². The molecule has 11 nitrogen and oxygen atoms in total. The fraction of sp³-hybridized carbons (Fsp3) is 0.851. The van der Waals surface area contributed by atoms with Crippen molar-refractivity contribution >= 4 is 5.78 Å². The molecule has 0 radical (unpaired) electrons. The maximum atomic E-state index is 15.1. The number of hydrogen-bond donors (Lipinski definition) is 9. The first-order chi connectivity index (χ1) is 27.5. The van der Waals surface area contributed by atoms with Gasteiger partial charge < -0.3 is 51.7 Å². The predicted molar refractivity (Wildman–Crippen MR) is 222 cm³/mol. The molecule has 0 spiro atoms. The van der Waals surface area contributed by atoms with Gasteiger partial charge in [-0.1, -0.05) is 52.0 Å². The highest BCUT2D eigenvalue weighted by Crippen LogP contribution is 2.71. The molecule has 1 unspecified atom stereocenters. The molecule has 2 aliphatic heterocycles. The van der Waals surface area contributed by atoms with E-state index in [1.807, 2.05) is 25.3 Å². The van der Waals surface area contributed by atoms with Crippen LogP contribution in [0, 0.1) is 46.3 Å². The van der Waals surface area contributed by atoms with E-state index < -0.39 is 63.9 Å². The molecule has 0 aromatic heterocycles. The molecule has 5 saturated carbocycles. The Balaban J connectivity index is 1.16. The van der Waals surface area contributed by atoms with Gasteiger partial charge in [-0.05, 0) is 150 Å². The summed E-state index contributed by atoms with van der Waals surface area (Å²) in [5, 5.41) is 79.6. The maximum absolute atomic E-state index is 15.1. The fourth-order valence-corrected chi connectivity index (χ4v) is 14.9. The highest BCUT2D eigenvalue weighted by atomic mass is 16.5. The SMILES string of the molecule is CCC[C@H]1CC[C@H]2[C@@H]3CCCC[C@](O)([C@](C)(O)[C@H]4CC[C@@]5(O)C6=C(NC[C@H](C)O)C(=O)[C@@H]7C[C@@H](O)[C@@H](O)C[C@]7(CCC7=CNC(N)C=C7)[C@H]6CC[C@]45C)[C@@H]3O[C@@H]2CC1. The first kappa shape index (κ1) is 42.8. The second-order valence-electron chi connectivity index (χ2n) is 21.0. The molecule has 0 aromatic carbocycles. The van der Waals surface area contributed by atoms with Crippen LogP contribution in [0.15, 0.2) is 35.2 Å². The second-order valence-corrected chi connectivity index (χ2v) is 21.0. The molecule has 11 heteroatoms. The summed E-state index contributed by atoms with van der Waals surface area (Å²) in [5.74, 6) is -0.311. The van der Waals surface area contributed by atoms with Crippen LogP contribution in [0.25, 0.3) is 0 Å². The maximum Gasteiger partial charge on any atom is 0.182 e. The smallest absolute Gasteiger partial charge is 0.182 e. The minimum absolute atomic E-state index is 0.0886. The van der Waals surface area contributed by atoms with Crippen LogP contribution < -0.4 is 16.4 Å². The Morgan fingerprint density at radius 3 is 2.52 bits per heavy atom. The first-order valence-corrected chi connectivity index (χ1v) is 23.3. The molecular weight excluding hydrogens is 735 g/mol. The third-order valence-corrected chi connectivity index (χ3v) is 18.0. The first-order valence-electron chi connectivity index (χ1n) is 23.3. The molecule has 0 aromatic rings. The van der Waals surface area contributed by atoms with Gasteiger partial charge in [-0.15, -0.1) is 0 Å². The highest BCUT2D eigenvalue weighted by molar-refractivity contribution is 6.00. The summed E-state index contributed by atoms with van der Waals surface area (Å²) in [6, 6.07) is 0. The number of dihydropyridines is 1. The summed E-state index contributed by atoms with van der Waals surface area (Å²) in [6.07, 6.45) is 15.9. The van der Waals surface area contributed by atoms with Gasteiger partial charge in [0, 0.05) is 24.1 Å². The summed E-state index contributed by atoms with van der Waals surface area (Å²) >= 11 is 0. The second kappa shape index (κ2) is 15.8. The number of allylic oxidation sites excluding steroid dienone is 3. The number of ether oxygens (including phenoxy) is 1. The monoisotopic (exact) mass is 810 g/mol. The molecule has 58 heavy (non-hydrogen) atoms. The van der Waals surface area contributed by atoms with Crippen molar-refractivity contribution in [2.24, 2.45) is 52.1 Å². The molecule has 8 rings (SSSR count). The molecule has 17 atom stereocenters. The molecule has 10 N–H and O–H groups in total. The standard InChI is InChI=1S/C47H75N3O8/c1-5-8-28-10-13-30-31-9-6-7-19-47(57,42(31)58-36(30)14-11-28)44(4,55)37-18-22-46(56)39-32(17-20-43(37,46)3)45(21-16-29-12-15-38(48)49-26-29)24-35(53)34(52)23-33(45)41(54)40(39)50-25-27(2)51/h12,15,26-28,30-38,42,49-53,55-57H,5-11,13-14,16-25,48H2,1-4H3/t27-,28-,30-,31-,32-,33-,34+,35-,36+,37-,38?,42+,43+,44+,45+,46+,47+/m0/s1. The Kier molecular flexibility index (Phi) is 11.7. The Hall–Kier alpha value is -1.83. The van der Waals surface area contributed by atoms with Crippen LogP contribution in [0.4, 0.5) is 0 Å². The number of hydrogen-bond acceptors (Lipinski definition) is 11. The van der Waals surface area contributed by atoms with Crippen LogP contribution in [0.2, 0.25) is 0 Å². The van der Waals surface area contributed by atoms with Gasteiger partial charge in [0.05, 0.1) is 53.6 Å². The van der Waals surface area contributed by atoms with E-state index in [-0.39, 0.29) is 49.3 Å². The van der Waals surface area contributed by atoms with Gasteiger partial charge in [0.1, 0.15) is 5.60 Å². The van der Waals surface area contributed by atoms with Crippen LogP contribution in [0.3, 0.4) is 0 Å². The van der Waals surface area contributed by atoms with Crippen LogP contribution in [-0.2, 0) is 9.53 Å². The van der Waals surface area contributed by atoms with Crippen molar-refractivity contribution in [1.82, 2.24) is 10.6 Å². The largest absolute Gasteiger partial charge is 0.392 e. The van der Waals surface area contributed by atoms with E-state index in [1.54, 1.807) is 6.92 Å². The van der Waals surface area contributed by atoms with E-state index in [9.17, 15) is 30.6 Å². The van der Waals surface area contributed by atoms with Crippen molar-refractivity contribution in [3.63, 3.8) is 0 Å². The van der Waals surface area contributed by atoms with Crippen molar-refractivity contribution in [1.29, 1.82) is 0 Å². The third kappa shape index (κ3) is 6.70. The van der Waals surface area contributed by atoms with Gasteiger partial charge in [0.15, 0.2) is 5.78 Å². The molecule has 326 valence electrons. The topological polar surface area (TPSA) is 198 Å². The summed E-state index contributed by atoms with van der Waals surface area (Å²) in [7, 11) is 0. The number of rotatable bonds is 10. The lowest BCUT2D eigenvalue weighted by Gasteiger charge is -2.63. The van der Waals surface area contributed by atoms with Crippen LogP contribution in [0.1, 0.15) is 143 Å². The zero-order chi connectivity index (χ0) is 41.4. The van der Waals surface area contributed by atoms with Crippen molar-refractivity contribution < 1.29 is 40.2 Å². The van der Waals surface area contributed by atoms with E-state index in [1.165, 1.54) is 19.3 Å². The lowest BCUT2D eigenvalue weighted by molar-refractivity contribution is -0.252. The molecular formula is C47H75N3O8. The summed E-state index contributed by atoms with van der Waals surface area (Å²) < 4.78 is 7.03. The Morgan fingerprint density at radius 1 is 1.02 bits per heavy atom. The number of fused-ring (bicyclic) bond motifs is 8. The molecule has 0 amide bonds. The van der Waals surface area contributed by atoms with Crippen LogP contribution in [0.5, 0.6) is 0 Å². The average molecular weight is 810 g/mol. The zero-order valence-electron chi connectivity index (χ0n) is 35.7. The van der Waals surface area contributed by atoms with E-state index in [4.69, 9.17) is 10.5 Å². The van der Waals surface area contributed by atoms with Gasteiger partial charge in [-0.25, -0.2) is 0 Å². The molecule has 0 bridgehead atoms. The number of ketones is 1. The Labute approximate surface area is 346 Å². The molecule has 6 aliphatic carbocycles. The molecule has 8 aliphatic rings. The fourth-order valence-electron chi connectivity index (χ4n) is 14.9. The summed E-state index contributed by atoms with van der Waals surface area (Å²) in [5.41, 5.74) is 1.73. The van der Waals surface area contributed by atoms with Gasteiger partial charge in [0.25, 0.3) is 0 Å². The van der Waals surface area contributed by atoms with Gasteiger partial charge in [-0.2, -0.15) is 0 Å². The Morgan fingerprint density at radius 2 is 1.79 bits per heavy atom. The number of aliphatic hydroxyl groups is 6. The van der Waals surface area contributed by atoms with E-state index >= 15 is 4.79 Å². The number of aliphatic hydroxyl groups excluding tert-OH is 3. The van der Waals surface area contributed by atoms with Crippen molar-refractivity contribution in [3.05, 3.63) is 35.2 Å². The van der Waals surface area contributed by atoms with Gasteiger partial charge in [0.2, 0.25) is 0 Å². The minimum Gasteiger partial charge on any atom is -0.392 e. The highest BCUT2D eigenvalue weighted by Gasteiger charge is 2.74. The number of nitrogens with one attached hydrogen (secondary N) is 2. The number of carbonyl (C=O) groups is 1. The normalized spacial score (nSPS) is 47.9. The summed E-state index contributed by atoms with van der Waals surface area (Å²) in [4.78, 5) is 15.1. The van der Waals surface area contributed by atoms with Gasteiger partial charge >= 0.3 is 0 Å². The van der Waals surface area contributed by atoms with Crippen molar-refractivity contribution in [2.75, 3.05) is 6.54 Å². The lowest BCUT2D eigenvalue weighted by Crippen LogP contribution is -2.69. The third-order valence-electron chi connectivity index (χ3n) is 18.0. The minimum atomic E-state index is -1.61. The van der Waals surface area contributed by atoms with Crippen LogP contribution >= 0.6 is 0 Å². The Bertz CT molecular complexity index is 1650. The van der Waals surface area contributed by atoms with E-state index in [2.05, 4.69) is 24.5 Å². The van der Waals surface area contributed by atoms with E-state index in [0.717, 1.165) is 50.0 Å². The quantitative estimate of drug-likeness (QED) is 0.149. The van der Waals surface area contributed by atoms with E-state index in [0.29, 0.717) is 62.1 Å². The molecule has 2 heterocycles. The molecule has 6 fully saturated rings. The summed E-state index contributed by atoms with van der Waals surface area (Å²) in [6.45, 7) is 7.92. The van der Waals surface area contributed by atoms with Crippen molar-refractivity contribution in [2.45, 2.75) is 197 Å². The van der Waals surface area contributed by atoms with Gasteiger partial charge in [-0.3, -0.25) is 4.79 Å². The lowest BCUT2D eigenvalue weighted by atomic mass is 9.43. The number of Topliss-reactive ketones (excluding diaryl/α,β-unsaturated/α-hetero) is 1. The number of carbonyl (C=O) groups excluding carboxylic acids is 1. The molecule has 1 saturated heterocycles. The average Bonchev–Trinajstić information content (AvgIpc) is 3.52. The number of nitrogens with two attached hydrogens (primary N) is 1. The van der Waals surface area contributed by atoms with Crippen LogP contribution in [-0.4, -0.2) is 96.5 Å².